The summed E-state index contributed by atoms with van der Waals surface area (Å²) >= 11 is 1.72. The Morgan fingerprint density at radius 1 is 1.35 bits per heavy atom. The Labute approximate surface area is 118 Å². The highest BCUT2D eigenvalue weighted by atomic mass is 32.2. The maximum Gasteiger partial charge on any atom is 0.453 e. The number of aromatic nitrogens is 4. The average molecular weight is 305 g/mol. The average Bonchev–Trinajstić information content (AvgIpc) is 2.78. The summed E-state index contributed by atoms with van der Waals surface area (Å²) in [6.45, 7) is 2.36. The van der Waals surface area contributed by atoms with E-state index >= 15 is 0 Å². The second-order valence-electron chi connectivity index (χ2n) is 4.20. The molecular formula is C11H14F3N5S. The lowest BCUT2D eigenvalue weighted by Crippen LogP contribution is -2.10. The number of hydrogen-bond acceptors (Lipinski definition) is 5. The molecule has 0 bridgehead atoms. The summed E-state index contributed by atoms with van der Waals surface area (Å²) < 4.78 is 39.0. The lowest BCUT2D eigenvalue weighted by Gasteiger charge is -2.07. The molecule has 0 saturated heterocycles. The summed E-state index contributed by atoms with van der Waals surface area (Å²) in [5.74, 6) is 0.217. The second kappa shape index (κ2) is 5.86. The van der Waals surface area contributed by atoms with Gasteiger partial charge in [-0.3, -0.25) is 0 Å². The fourth-order valence-corrected chi connectivity index (χ4v) is 2.10. The molecule has 0 radical (unpaired) electrons. The van der Waals surface area contributed by atoms with E-state index in [1.54, 1.807) is 24.8 Å². The second-order valence-corrected chi connectivity index (χ2v) is 5.19. The third-order valence-electron chi connectivity index (χ3n) is 2.53. The Hall–Kier alpha value is -1.51. The number of nitrogens with one attached hydrogen (secondary N) is 1. The number of anilines is 1. The number of nitrogens with zero attached hydrogens (tertiary/aromatic N) is 4. The number of thioether (sulfide) groups is 1. The summed E-state index contributed by atoms with van der Waals surface area (Å²) in [5.41, 5.74) is 0.589. The molecule has 5 nitrogen and oxygen atoms in total. The fraction of sp³-hybridized carbons (Fsp3) is 0.545. The van der Waals surface area contributed by atoms with Crippen LogP contribution in [0.4, 0.5) is 19.0 Å². The number of halogens is 3. The zero-order valence-corrected chi connectivity index (χ0v) is 11.8. The van der Waals surface area contributed by atoms with Gasteiger partial charge in [-0.25, -0.2) is 4.98 Å². The van der Waals surface area contributed by atoms with Gasteiger partial charge in [0.2, 0.25) is 0 Å². The van der Waals surface area contributed by atoms with Crippen molar-refractivity contribution in [2.45, 2.75) is 19.5 Å². The lowest BCUT2D eigenvalue weighted by atomic mass is 10.4. The van der Waals surface area contributed by atoms with Gasteiger partial charge in [0.25, 0.3) is 11.6 Å². The predicted octanol–water partition coefficient (Wildman–Crippen LogP) is 2.62. The van der Waals surface area contributed by atoms with Gasteiger partial charge in [-0.2, -0.15) is 34.4 Å². The molecule has 2 aromatic rings. The maximum absolute atomic E-state index is 12.6. The smallest absolute Gasteiger partial charge is 0.370 e. The Bertz CT molecular complexity index is 595. The van der Waals surface area contributed by atoms with Crippen molar-refractivity contribution in [1.82, 2.24) is 19.6 Å². The molecule has 0 unspecified atom stereocenters. The SMILES string of the molecule is CSCCCNc1cc(C)nc2nc(C(F)(F)F)nn12. The minimum absolute atomic E-state index is 0.0512. The van der Waals surface area contributed by atoms with E-state index in [1.165, 1.54) is 0 Å². The van der Waals surface area contributed by atoms with Crippen molar-refractivity contribution in [3.8, 4) is 0 Å². The van der Waals surface area contributed by atoms with Crippen molar-refractivity contribution in [3.63, 3.8) is 0 Å². The summed E-state index contributed by atoms with van der Waals surface area (Å²) in [5, 5.41) is 6.54. The minimum Gasteiger partial charge on any atom is -0.370 e. The first kappa shape index (κ1) is 14.9. The number of rotatable bonds is 5. The van der Waals surface area contributed by atoms with Crippen molar-refractivity contribution in [1.29, 1.82) is 0 Å². The van der Waals surface area contributed by atoms with Gasteiger partial charge in [0.15, 0.2) is 0 Å². The molecule has 2 aromatic heterocycles. The maximum atomic E-state index is 12.6. The van der Waals surface area contributed by atoms with E-state index in [9.17, 15) is 13.2 Å². The van der Waals surface area contributed by atoms with Crippen LogP contribution >= 0.6 is 11.8 Å². The first-order valence-electron chi connectivity index (χ1n) is 5.96. The predicted molar refractivity (Wildman–Crippen MR) is 72.0 cm³/mol. The van der Waals surface area contributed by atoms with E-state index in [0.717, 1.165) is 16.7 Å². The van der Waals surface area contributed by atoms with Crippen LogP contribution in [0, 0.1) is 6.92 Å². The summed E-state index contributed by atoms with van der Waals surface area (Å²) in [7, 11) is 0. The highest BCUT2D eigenvalue weighted by Gasteiger charge is 2.36. The number of hydrogen-bond donors (Lipinski definition) is 1. The first-order valence-corrected chi connectivity index (χ1v) is 7.35. The van der Waals surface area contributed by atoms with Crippen LogP contribution in [-0.4, -0.2) is 38.1 Å². The molecule has 9 heteroatoms. The molecule has 0 fully saturated rings. The topological polar surface area (TPSA) is 55.1 Å². The van der Waals surface area contributed by atoms with Gasteiger partial charge in [0.1, 0.15) is 5.82 Å². The molecule has 0 amide bonds. The van der Waals surface area contributed by atoms with Gasteiger partial charge < -0.3 is 5.32 Å². The van der Waals surface area contributed by atoms with Gasteiger partial charge in [0, 0.05) is 18.3 Å². The molecule has 20 heavy (non-hydrogen) atoms. The molecular weight excluding hydrogens is 291 g/mol. The largest absolute Gasteiger partial charge is 0.453 e. The van der Waals surface area contributed by atoms with E-state index in [4.69, 9.17) is 0 Å². The van der Waals surface area contributed by atoms with Gasteiger partial charge in [-0.15, -0.1) is 5.10 Å². The summed E-state index contributed by atoms with van der Waals surface area (Å²) in [6.07, 6.45) is -1.66. The first-order chi connectivity index (χ1) is 9.41. The third-order valence-corrected chi connectivity index (χ3v) is 3.22. The van der Waals surface area contributed by atoms with Crippen LogP contribution in [0.25, 0.3) is 5.78 Å². The molecule has 2 rings (SSSR count). The number of aryl methyl sites for hydroxylation is 1. The fourth-order valence-electron chi connectivity index (χ4n) is 1.67. The zero-order valence-electron chi connectivity index (χ0n) is 11.0. The van der Waals surface area contributed by atoms with Gasteiger partial charge in [0.05, 0.1) is 0 Å². The number of fused-ring (bicyclic) bond motifs is 1. The van der Waals surface area contributed by atoms with Crippen molar-refractivity contribution in [2.24, 2.45) is 0 Å². The van der Waals surface area contributed by atoms with Crippen molar-refractivity contribution in [3.05, 3.63) is 17.6 Å². The number of alkyl halides is 3. The van der Waals surface area contributed by atoms with Gasteiger partial charge >= 0.3 is 6.18 Å². The normalized spacial score (nSPS) is 12.1. The summed E-state index contributed by atoms with van der Waals surface area (Å²) in [6, 6.07) is 1.65. The minimum atomic E-state index is -4.57. The van der Waals surface area contributed by atoms with Gasteiger partial charge in [-0.05, 0) is 25.4 Å². The molecule has 0 atom stereocenters. The molecule has 110 valence electrons. The lowest BCUT2D eigenvalue weighted by molar-refractivity contribution is -0.144. The molecule has 0 saturated carbocycles. The Morgan fingerprint density at radius 2 is 2.10 bits per heavy atom. The molecule has 0 aliphatic heterocycles. The van der Waals surface area contributed by atoms with Crippen LogP contribution < -0.4 is 5.32 Å². The molecule has 0 aliphatic carbocycles. The van der Waals surface area contributed by atoms with Gasteiger partial charge in [-0.1, -0.05) is 0 Å². The molecule has 0 spiro atoms. The van der Waals surface area contributed by atoms with E-state index in [-0.39, 0.29) is 5.78 Å². The van der Waals surface area contributed by atoms with Crippen LogP contribution in [0.3, 0.4) is 0 Å². The van der Waals surface area contributed by atoms with E-state index in [1.807, 2.05) is 6.26 Å². The van der Waals surface area contributed by atoms with Crippen LogP contribution in [0.1, 0.15) is 17.9 Å². The molecule has 1 N–H and O–H groups in total. The zero-order chi connectivity index (χ0) is 14.8. The highest BCUT2D eigenvalue weighted by molar-refractivity contribution is 7.98. The molecule has 0 aromatic carbocycles. The van der Waals surface area contributed by atoms with E-state index < -0.39 is 12.0 Å². The quantitative estimate of drug-likeness (QED) is 0.861. The van der Waals surface area contributed by atoms with Crippen molar-refractivity contribution >= 4 is 23.4 Å². The van der Waals surface area contributed by atoms with Crippen LogP contribution in [0.2, 0.25) is 0 Å². The van der Waals surface area contributed by atoms with E-state index in [2.05, 4.69) is 20.4 Å². The van der Waals surface area contributed by atoms with Crippen LogP contribution in [0.15, 0.2) is 6.07 Å². The van der Waals surface area contributed by atoms with Crippen molar-refractivity contribution in [2.75, 3.05) is 23.9 Å². The molecule has 0 aliphatic rings. The summed E-state index contributed by atoms with van der Waals surface area (Å²) in [4.78, 5) is 7.38. The van der Waals surface area contributed by atoms with Crippen LogP contribution in [-0.2, 0) is 6.18 Å². The van der Waals surface area contributed by atoms with E-state index in [0.29, 0.717) is 18.1 Å². The highest BCUT2D eigenvalue weighted by Crippen LogP contribution is 2.27. The Balaban J connectivity index is 2.30. The Kier molecular flexibility index (Phi) is 4.36. The molecule has 2 heterocycles. The third kappa shape index (κ3) is 3.33. The standard InChI is InChI=1S/C11H14F3N5S/c1-7-6-8(15-4-3-5-20-2)19-10(16-7)17-9(18-19)11(12,13)14/h6,15H,3-5H2,1-2H3. The Morgan fingerprint density at radius 3 is 2.75 bits per heavy atom. The monoisotopic (exact) mass is 305 g/mol. The van der Waals surface area contributed by atoms with Crippen LogP contribution in [0.5, 0.6) is 0 Å². The van der Waals surface area contributed by atoms with Crippen molar-refractivity contribution < 1.29 is 13.2 Å².